The Hall–Kier alpha value is -1.80. The highest BCUT2D eigenvalue weighted by molar-refractivity contribution is 6.52. The van der Waals surface area contributed by atoms with Crippen LogP contribution in [0, 0.1) is 0 Å². The van der Waals surface area contributed by atoms with Crippen LogP contribution >= 0.6 is 0 Å². The van der Waals surface area contributed by atoms with Gasteiger partial charge in [-0.15, -0.1) is 0 Å². The number of halogens is 3. The first-order valence-electron chi connectivity index (χ1n) is 7.69. The van der Waals surface area contributed by atoms with Crippen LogP contribution in [0.1, 0.15) is 49.2 Å². The van der Waals surface area contributed by atoms with E-state index in [0.717, 1.165) is 6.07 Å². The van der Waals surface area contributed by atoms with Crippen molar-refractivity contribution in [2.45, 2.75) is 45.1 Å². The van der Waals surface area contributed by atoms with Crippen molar-refractivity contribution >= 4 is 19.5 Å². The average molecular weight is 356 g/mol. The Kier molecular flexibility index (Phi) is 5.07. The lowest BCUT2D eigenvalue weighted by Gasteiger charge is -2.32. The van der Waals surface area contributed by atoms with E-state index in [0.29, 0.717) is 6.29 Å². The van der Waals surface area contributed by atoms with Gasteiger partial charge in [-0.2, -0.15) is 13.2 Å². The Labute approximate surface area is 145 Å². The Bertz CT molecular complexity index is 680. The van der Waals surface area contributed by atoms with Gasteiger partial charge in [-0.3, -0.25) is 4.79 Å². The Balaban J connectivity index is 2.40. The van der Waals surface area contributed by atoms with Crippen LogP contribution in [-0.2, 0) is 15.5 Å². The number of hydrogen-bond acceptors (Lipinski definition) is 4. The van der Waals surface area contributed by atoms with Crippen molar-refractivity contribution in [2.24, 2.45) is 0 Å². The molecule has 0 amide bonds. The topological polar surface area (TPSA) is 44.8 Å². The van der Waals surface area contributed by atoms with Crippen molar-refractivity contribution in [1.29, 1.82) is 0 Å². The summed E-state index contributed by atoms with van der Waals surface area (Å²) in [5.74, 6) is 1.48. The van der Waals surface area contributed by atoms with Crippen LogP contribution in [0.5, 0.6) is 5.75 Å². The summed E-state index contributed by atoms with van der Waals surface area (Å²) in [6.45, 7) is 7.40. The van der Waals surface area contributed by atoms with E-state index in [9.17, 15) is 18.0 Å². The van der Waals surface area contributed by atoms with Crippen LogP contribution < -0.4 is 4.74 Å². The van der Waals surface area contributed by atoms with Crippen molar-refractivity contribution in [3.05, 3.63) is 34.8 Å². The summed E-state index contributed by atoms with van der Waals surface area (Å²) in [5.41, 5.74) is -2.41. The lowest BCUT2D eigenvalue weighted by molar-refractivity contribution is -0.137. The number of rotatable bonds is 4. The lowest BCUT2D eigenvalue weighted by Crippen LogP contribution is -2.41. The maximum atomic E-state index is 13.3. The lowest BCUT2D eigenvalue weighted by atomic mass is 9.88. The molecule has 1 aromatic rings. The van der Waals surface area contributed by atoms with E-state index in [4.69, 9.17) is 14.0 Å². The minimum absolute atomic E-state index is 0.0663. The van der Waals surface area contributed by atoms with Crippen LogP contribution in [-0.4, -0.2) is 31.7 Å². The summed E-state index contributed by atoms with van der Waals surface area (Å²) in [5, 5.41) is 0. The van der Waals surface area contributed by atoms with Crippen LogP contribution in [0.3, 0.4) is 0 Å². The van der Waals surface area contributed by atoms with Crippen molar-refractivity contribution in [2.75, 3.05) is 7.11 Å². The number of carbonyl (C=O) groups is 1. The first kappa shape index (κ1) is 19.5. The second kappa shape index (κ2) is 6.50. The predicted octanol–water partition coefficient (Wildman–Crippen LogP) is 4.17. The molecule has 0 spiro atoms. The summed E-state index contributed by atoms with van der Waals surface area (Å²) >= 11 is 0. The van der Waals surface area contributed by atoms with Gasteiger partial charge < -0.3 is 14.0 Å². The van der Waals surface area contributed by atoms with Gasteiger partial charge in [0.25, 0.3) is 0 Å². The largest absolute Gasteiger partial charge is 0.496 e. The van der Waals surface area contributed by atoms with Crippen LogP contribution in [0.25, 0.3) is 6.08 Å². The zero-order valence-corrected chi connectivity index (χ0v) is 14.7. The van der Waals surface area contributed by atoms with Gasteiger partial charge in [0.2, 0.25) is 0 Å². The molecule has 1 heterocycles. The zero-order valence-electron chi connectivity index (χ0n) is 14.7. The Morgan fingerprint density at radius 2 is 1.64 bits per heavy atom. The van der Waals surface area contributed by atoms with E-state index >= 15 is 0 Å². The Morgan fingerprint density at radius 1 is 1.08 bits per heavy atom. The molecule has 0 bridgehead atoms. The van der Waals surface area contributed by atoms with Gasteiger partial charge in [-0.25, -0.2) is 0 Å². The number of benzene rings is 1. The fraction of sp³-hybridized carbons (Fsp3) is 0.471. The highest BCUT2D eigenvalue weighted by Crippen LogP contribution is 2.38. The first-order valence-corrected chi connectivity index (χ1v) is 7.69. The van der Waals surface area contributed by atoms with Gasteiger partial charge in [0.15, 0.2) is 6.29 Å². The van der Waals surface area contributed by atoms with Gasteiger partial charge in [0, 0.05) is 0 Å². The summed E-state index contributed by atoms with van der Waals surface area (Å²) in [7, 11) is 0.514. The molecule has 1 aliphatic heterocycles. The smallest absolute Gasteiger partial charge is 0.487 e. The van der Waals surface area contributed by atoms with E-state index in [-0.39, 0.29) is 16.9 Å². The number of carbonyl (C=O) groups excluding carboxylic acids is 1. The predicted molar refractivity (Wildman–Crippen MR) is 88.5 cm³/mol. The van der Waals surface area contributed by atoms with E-state index in [1.165, 1.54) is 25.2 Å². The molecule has 0 radical (unpaired) electrons. The molecule has 0 saturated carbocycles. The third kappa shape index (κ3) is 3.90. The van der Waals surface area contributed by atoms with Crippen molar-refractivity contribution in [3.63, 3.8) is 0 Å². The monoisotopic (exact) mass is 356 g/mol. The summed E-state index contributed by atoms with van der Waals surface area (Å²) in [4.78, 5) is 11.0. The molecule has 4 nitrogen and oxygen atoms in total. The van der Waals surface area contributed by atoms with E-state index < -0.39 is 30.1 Å². The maximum absolute atomic E-state index is 13.3. The molecule has 0 aromatic heterocycles. The number of aldehydes is 1. The Morgan fingerprint density at radius 3 is 2.08 bits per heavy atom. The molecule has 1 fully saturated rings. The highest BCUT2D eigenvalue weighted by atomic mass is 19.4. The highest BCUT2D eigenvalue weighted by Gasteiger charge is 2.50. The third-order valence-electron chi connectivity index (χ3n) is 4.54. The van der Waals surface area contributed by atoms with E-state index in [1.54, 1.807) is 0 Å². The zero-order chi connectivity index (χ0) is 19.0. The van der Waals surface area contributed by atoms with E-state index in [1.807, 2.05) is 27.7 Å². The van der Waals surface area contributed by atoms with Gasteiger partial charge in [0.05, 0.1) is 29.4 Å². The fourth-order valence-corrected chi connectivity index (χ4v) is 2.41. The fourth-order valence-electron chi connectivity index (χ4n) is 2.41. The van der Waals surface area contributed by atoms with Crippen LogP contribution in [0.4, 0.5) is 13.2 Å². The standard InChI is InChI=1S/C17H20BF3O4/c1-15(2)16(3,4)25-18(24-15)7-6-11-9-14(23-5)12(10-22)8-13(11)17(19,20)21/h6-10H,1-5H3/b7-6+. The summed E-state index contributed by atoms with van der Waals surface area (Å²) in [6.07, 6.45) is -3.02. The minimum Gasteiger partial charge on any atom is -0.496 e. The third-order valence-corrected chi connectivity index (χ3v) is 4.54. The molecule has 0 unspecified atom stereocenters. The van der Waals surface area contributed by atoms with Crippen LogP contribution in [0.2, 0.25) is 0 Å². The number of ether oxygens (including phenoxy) is 1. The van der Waals surface area contributed by atoms with Crippen LogP contribution in [0.15, 0.2) is 18.1 Å². The molecule has 0 aliphatic carbocycles. The molecular formula is C17H20BF3O4. The molecular weight excluding hydrogens is 336 g/mol. The van der Waals surface area contributed by atoms with Gasteiger partial charge in [-0.1, -0.05) is 12.1 Å². The molecule has 25 heavy (non-hydrogen) atoms. The minimum atomic E-state index is -4.61. The van der Waals surface area contributed by atoms with E-state index in [2.05, 4.69) is 0 Å². The van der Waals surface area contributed by atoms with Crippen molar-refractivity contribution < 1.29 is 32.0 Å². The molecule has 1 aromatic carbocycles. The normalized spacial score (nSPS) is 19.4. The molecule has 2 rings (SSSR count). The van der Waals surface area contributed by atoms with Crippen molar-refractivity contribution in [1.82, 2.24) is 0 Å². The second-order valence-corrected chi connectivity index (χ2v) is 6.78. The molecule has 0 N–H and O–H groups in total. The number of methoxy groups -OCH3 is 1. The summed E-state index contributed by atoms with van der Waals surface area (Å²) in [6, 6.07) is 1.95. The SMILES string of the molecule is COc1cc(/C=C/B2OC(C)(C)C(C)(C)O2)c(C(F)(F)F)cc1C=O. The second-order valence-electron chi connectivity index (χ2n) is 6.78. The summed E-state index contributed by atoms with van der Waals surface area (Å²) < 4.78 is 56.3. The molecule has 8 heteroatoms. The average Bonchev–Trinajstić information content (AvgIpc) is 2.70. The van der Waals surface area contributed by atoms with Gasteiger partial charge >= 0.3 is 13.3 Å². The maximum Gasteiger partial charge on any atom is 0.487 e. The quantitative estimate of drug-likeness (QED) is 0.600. The molecule has 1 aliphatic rings. The first-order chi connectivity index (χ1) is 11.4. The number of hydrogen-bond donors (Lipinski definition) is 0. The van der Waals surface area contributed by atoms with Gasteiger partial charge in [-0.05, 0) is 45.4 Å². The van der Waals surface area contributed by atoms with Gasteiger partial charge in [0.1, 0.15) is 5.75 Å². The molecule has 0 atom stereocenters. The number of alkyl halides is 3. The molecule has 136 valence electrons. The molecule has 1 saturated heterocycles. The van der Waals surface area contributed by atoms with Crippen molar-refractivity contribution in [3.8, 4) is 5.75 Å².